The van der Waals surface area contributed by atoms with Crippen molar-refractivity contribution in [3.8, 4) is 5.75 Å². The lowest BCUT2D eigenvalue weighted by Gasteiger charge is -2.09. The molecule has 1 aromatic rings. The zero-order valence-corrected chi connectivity index (χ0v) is 6.99. The Morgan fingerprint density at radius 2 is 1.92 bits per heavy atom. The van der Waals surface area contributed by atoms with Gasteiger partial charge in [0.25, 0.3) is 0 Å². The van der Waals surface area contributed by atoms with E-state index in [0.29, 0.717) is 0 Å². The zero-order valence-electron chi connectivity index (χ0n) is 6.23. The monoisotopic (exact) mass is 208 g/mol. The maximum Gasteiger partial charge on any atom is 0.573 e. The summed E-state index contributed by atoms with van der Waals surface area (Å²) in [5, 5.41) is 0.0294. The summed E-state index contributed by atoms with van der Waals surface area (Å²) in [6.45, 7) is 5.28. The highest BCUT2D eigenvalue weighted by molar-refractivity contribution is 6.31. The Balaban J connectivity index is 2.86. The van der Waals surface area contributed by atoms with Gasteiger partial charge in [-0.3, -0.25) is 0 Å². The molecule has 0 N–H and O–H groups in total. The molecule has 0 fully saturated rings. The van der Waals surface area contributed by atoms with Gasteiger partial charge in [-0.15, -0.1) is 13.2 Å². The van der Waals surface area contributed by atoms with E-state index in [-0.39, 0.29) is 16.3 Å². The number of hydrogen-bond acceptors (Lipinski definition) is 1. The molecule has 0 aliphatic carbocycles. The van der Waals surface area contributed by atoms with E-state index in [1.54, 1.807) is 0 Å². The first kappa shape index (κ1) is 10.2. The lowest BCUT2D eigenvalue weighted by Crippen LogP contribution is -2.17. The van der Waals surface area contributed by atoms with Crippen LogP contribution in [0.4, 0.5) is 13.2 Å². The van der Waals surface area contributed by atoms with Crippen LogP contribution in [0.1, 0.15) is 5.56 Å². The summed E-state index contributed by atoms with van der Waals surface area (Å²) < 4.78 is 38.6. The third-order valence-corrected chi connectivity index (χ3v) is 1.53. The molecular weight excluding hydrogens is 205 g/mol. The van der Waals surface area contributed by atoms with Crippen LogP contribution in [0.25, 0.3) is 0 Å². The molecule has 0 atom stereocenters. The summed E-state index contributed by atoms with van der Waals surface area (Å²) in [6, 6.07) is 3.34. The lowest BCUT2D eigenvalue weighted by molar-refractivity contribution is -0.274. The normalized spacial score (nSPS) is 11.5. The number of ether oxygens (including phenoxy) is 1. The second kappa shape index (κ2) is 3.46. The second-order valence-corrected chi connectivity index (χ2v) is 2.64. The smallest absolute Gasteiger partial charge is 0.406 e. The Morgan fingerprint density at radius 3 is 2.38 bits per heavy atom. The third-order valence-electron chi connectivity index (χ3n) is 1.21. The first-order chi connectivity index (χ1) is 5.88. The van der Waals surface area contributed by atoms with Crippen molar-refractivity contribution in [1.29, 1.82) is 0 Å². The Labute approximate surface area is 78.1 Å². The number of halogens is 4. The average Bonchev–Trinajstić information content (AvgIpc) is 1.94. The number of rotatable bonds is 1. The number of hydrogen-bond donors (Lipinski definition) is 0. The second-order valence-electron chi connectivity index (χ2n) is 2.23. The van der Waals surface area contributed by atoms with Gasteiger partial charge in [0, 0.05) is 11.9 Å². The largest absolute Gasteiger partial charge is 0.573 e. The van der Waals surface area contributed by atoms with Crippen molar-refractivity contribution in [2.24, 2.45) is 0 Å². The van der Waals surface area contributed by atoms with Crippen molar-refractivity contribution in [2.75, 3.05) is 0 Å². The molecule has 0 amide bonds. The minimum atomic E-state index is -4.71. The molecule has 0 aliphatic heterocycles. The van der Waals surface area contributed by atoms with Crippen molar-refractivity contribution in [3.05, 3.63) is 35.7 Å². The fourth-order valence-electron chi connectivity index (χ4n) is 0.705. The molecule has 0 saturated heterocycles. The summed E-state index contributed by atoms with van der Waals surface area (Å²) in [5.74, 6) is -0.383. The van der Waals surface area contributed by atoms with Gasteiger partial charge < -0.3 is 4.74 Å². The van der Waals surface area contributed by atoms with Crippen LogP contribution in [0.5, 0.6) is 5.75 Å². The van der Waals surface area contributed by atoms with E-state index in [0.717, 1.165) is 12.1 Å². The fraction of sp³-hybridized carbons (Fsp3) is 0.125. The van der Waals surface area contributed by atoms with E-state index < -0.39 is 6.36 Å². The third kappa shape index (κ3) is 3.14. The van der Waals surface area contributed by atoms with Crippen LogP contribution >= 0.6 is 11.6 Å². The van der Waals surface area contributed by atoms with Crippen LogP contribution in [-0.4, -0.2) is 6.36 Å². The van der Waals surface area contributed by atoms with Gasteiger partial charge in [0.05, 0.1) is 0 Å². The maximum absolute atomic E-state index is 11.7. The van der Waals surface area contributed by atoms with Gasteiger partial charge in [-0.25, -0.2) is 0 Å². The van der Waals surface area contributed by atoms with Crippen LogP contribution in [0.2, 0.25) is 5.02 Å². The first-order valence-corrected chi connectivity index (χ1v) is 3.57. The van der Waals surface area contributed by atoms with E-state index in [2.05, 4.69) is 4.74 Å². The molecule has 13 heavy (non-hydrogen) atoms. The molecule has 1 nitrogen and oxygen atoms in total. The topological polar surface area (TPSA) is 9.23 Å². The highest BCUT2D eigenvalue weighted by Crippen LogP contribution is 2.26. The Hall–Kier alpha value is -0.900. The van der Waals surface area contributed by atoms with Gasteiger partial charge >= 0.3 is 6.36 Å². The molecule has 1 rings (SSSR count). The van der Waals surface area contributed by atoms with Crippen molar-refractivity contribution >= 4 is 11.6 Å². The molecule has 0 unspecified atom stereocenters. The molecule has 0 saturated carbocycles. The molecular formula is C8H4ClF3O. The molecule has 0 spiro atoms. The molecule has 0 bridgehead atoms. The molecule has 0 heterocycles. The highest BCUT2D eigenvalue weighted by atomic mass is 35.5. The van der Waals surface area contributed by atoms with E-state index in [1.807, 2.05) is 0 Å². The van der Waals surface area contributed by atoms with Gasteiger partial charge in [0.2, 0.25) is 0 Å². The van der Waals surface area contributed by atoms with E-state index in [1.165, 1.54) is 6.07 Å². The predicted octanol–water partition coefficient (Wildman–Crippen LogP) is 3.30. The molecule has 0 aliphatic rings. The standard InChI is InChI=1S/C8H4ClF3O/c1-5-2-3-6(4-7(5)9)13-8(10,11)12/h1-4H. The summed E-state index contributed by atoms with van der Waals surface area (Å²) in [5.41, 5.74) is 0.205. The summed E-state index contributed by atoms with van der Waals surface area (Å²) in [6.07, 6.45) is -4.71. The molecule has 5 heteroatoms. The summed E-state index contributed by atoms with van der Waals surface area (Å²) in [4.78, 5) is 0. The van der Waals surface area contributed by atoms with Crippen LogP contribution in [0, 0.1) is 6.92 Å². The summed E-state index contributed by atoms with van der Waals surface area (Å²) in [7, 11) is 0. The maximum atomic E-state index is 11.7. The van der Waals surface area contributed by atoms with Gasteiger partial charge in [-0.1, -0.05) is 17.7 Å². The molecule has 2 radical (unpaired) electrons. The lowest BCUT2D eigenvalue weighted by atomic mass is 10.2. The Morgan fingerprint density at radius 1 is 1.31 bits per heavy atom. The van der Waals surface area contributed by atoms with Crippen LogP contribution < -0.4 is 4.74 Å². The van der Waals surface area contributed by atoms with Crippen LogP contribution in [0.3, 0.4) is 0 Å². The predicted molar refractivity (Wildman–Crippen MR) is 41.5 cm³/mol. The Bertz CT molecular complexity index is 309. The van der Waals surface area contributed by atoms with E-state index >= 15 is 0 Å². The Kier molecular flexibility index (Phi) is 2.71. The quantitative estimate of drug-likeness (QED) is 0.688. The van der Waals surface area contributed by atoms with E-state index in [9.17, 15) is 13.2 Å². The van der Waals surface area contributed by atoms with Gasteiger partial charge in [0.1, 0.15) is 5.75 Å². The van der Waals surface area contributed by atoms with Crippen molar-refractivity contribution in [1.82, 2.24) is 0 Å². The minimum absolute atomic E-state index is 0.0294. The minimum Gasteiger partial charge on any atom is -0.406 e. The van der Waals surface area contributed by atoms with Crippen LogP contribution in [-0.2, 0) is 0 Å². The van der Waals surface area contributed by atoms with Crippen molar-refractivity contribution in [3.63, 3.8) is 0 Å². The first-order valence-electron chi connectivity index (χ1n) is 3.19. The van der Waals surface area contributed by atoms with Crippen molar-refractivity contribution in [2.45, 2.75) is 6.36 Å². The van der Waals surface area contributed by atoms with Crippen molar-refractivity contribution < 1.29 is 17.9 Å². The molecule has 0 aromatic heterocycles. The van der Waals surface area contributed by atoms with Gasteiger partial charge in [-0.2, -0.15) is 0 Å². The number of alkyl halides is 3. The van der Waals surface area contributed by atoms with Gasteiger partial charge in [-0.05, 0) is 17.7 Å². The van der Waals surface area contributed by atoms with Crippen LogP contribution in [0.15, 0.2) is 18.2 Å². The van der Waals surface area contributed by atoms with Gasteiger partial charge in [0.15, 0.2) is 0 Å². The molecule has 1 aromatic carbocycles. The molecule has 70 valence electrons. The fourth-order valence-corrected chi connectivity index (χ4v) is 0.876. The number of benzene rings is 1. The average molecular weight is 209 g/mol. The van der Waals surface area contributed by atoms with E-state index in [4.69, 9.17) is 18.5 Å². The summed E-state index contributed by atoms with van der Waals surface area (Å²) >= 11 is 5.47. The SMILES string of the molecule is [CH]c1ccc(OC(F)(F)F)cc1Cl. The highest BCUT2D eigenvalue weighted by Gasteiger charge is 2.31. The zero-order chi connectivity index (χ0) is 10.1.